The van der Waals surface area contributed by atoms with Crippen LogP contribution < -0.4 is 5.32 Å². The number of nitrogens with zero attached hydrogens (tertiary/aromatic N) is 1. The normalized spacial score (nSPS) is 17.6. The van der Waals surface area contributed by atoms with Gasteiger partial charge in [-0.15, -0.1) is 0 Å². The van der Waals surface area contributed by atoms with Crippen LogP contribution in [-0.2, 0) is 4.74 Å². The van der Waals surface area contributed by atoms with Crippen LogP contribution in [0.2, 0.25) is 0 Å². The molecule has 124 valence electrons. The van der Waals surface area contributed by atoms with Gasteiger partial charge < -0.3 is 14.5 Å². The van der Waals surface area contributed by atoms with Crippen LogP contribution in [0.5, 0.6) is 0 Å². The zero-order valence-electron chi connectivity index (χ0n) is 13.9. The summed E-state index contributed by atoms with van der Waals surface area (Å²) in [6.07, 6.45) is 3.80. The molecule has 1 fully saturated rings. The maximum atomic E-state index is 12.3. The van der Waals surface area contributed by atoms with E-state index in [0.29, 0.717) is 24.3 Å². The molecule has 1 amide bonds. The molecule has 1 aliphatic heterocycles. The zero-order chi connectivity index (χ0) is 15.9. The molecule has 5 nitrogen and oxygen atoms in total. The van der Waals surface area contributed by atoms with Crippen molar-refractivity contribution in [1.29, 1.82) is 0 Å². The van der Waals surface area contributed by atoms with E-state index >= 15 is 0 Å². The molecule has 0 bridgehead atoms. The number of morpholine rings is 1. The largest absolute Gasteiger partial charge is 0.459 e. The summed E-state index contributed by atoms with van der Waals surface area (Å²) in [5, 5.41) is 3.06. The minimum Gasteiger partial charge on any atom is -0.459 e. The minimum atomic E-state index is -0.119. The number of nitrogens with one attached hydrogen (secondary N) is 1. The van der Waals surface area contributed by atoms with Gasteiger partial charge in [0.2, 0.25) is 0 Å². The maximum absolute atomic E-state index is 12.3. The average molecular weight is 308 g/mol. The van der Waals surface area contributed by atoms with E-state index in [1.54, 1.807) is 6.26 Å². The Bertz CT molecular complexity index is 462. The Balaban J connectivity index is 1.99. The molecule has 2 heterocycles. The van der Waals surface area contributed by atoms with Gasteiger partial charge in [-0.2, -0.15) is 0 Å². The molecule has 1 aliphatic rings. The van der Waals surface area contributed by atoms with Crippen molar-refractivity contribution in [2.75, 3.05) is 32.8 Å². The molecule has 1 saturated heterocycles. The highest BCUT2D eigenvalue weighted by Gasteiger charge is 2.27. The van der Waals surface area contributed by atoms with Crippen LogP contribution >= 0.6 is 0 Å². The molecule has 0 saturated carbocycles. The summed E-state index contributed by atoms with van der Waals surface area (Å²) in [6.45, 7) is 10.4. The van der Waals surface area contributed by atoms with Crippen LogP contribution in [0.4, 0.5) is 0 Å². The van der Waals surface area contributed by atoms with E-state index in [0.717, 1.165) is 44.7 Å². The molecule has 0 spiro atoms. The summed E-state index contributed by atoms with van der Waals surface area (Å²) in [7, 11) is 0. The van der Waals surface area contributed by atoms with Gasteiger partial charge in [-0.3, -0.25) is 9.69 Å². The highest BCUT2D eigenvalue weighted by molar-refractivity contribution is 5.92. The molecule has 0 radical (unpaired) electrons. The Hall–Kier alpha value is -1.33. The number of rotatable bonds is 7. The Morgan fingerprint density at radius 1 is 1.32 bits per heavy atom. The first-order valence-electron chi connectivity index (χ1n) is 8.31. The first-order valence-corrected chi connectivity index (χ1v) is 8.31. The molecule has 1 atom stereocenters. The summed E-state index contributed by atoms with van der Waals surface area (Å²) in [5.74, 6) is 0.882. The van der Waals surface area contributed by atoms with Crippen molar-refractivity contribution in [1.82, 2.24) is 10.2 Å². The van der Waals surface area contributed by atoms with Crippen molar-refractivity contribution in [3.05, 3.63) is 23.7 Å². The van der Waals surface area contributed by atoms with Crippen molar-refractivity contribution < 1.29 is 13.9 Å². The van der Waals surface area contributed by atoms with Gasteiger partial charge in [0.25, 0.3) is 5.91 Å². The molecule has 1 aromatic heterocycles. The van der Waals surface area contributed by atoms with Crippen LogP contribution in [0.25, 0.3) is 0 Å². The third-order valence-corrected chi connectivity index (χ3v) is 4.65. The van der Waals surface area contributed by atoms with Crippen molar-refractivity contribution >= 4 is 5.91 Å². The lowest BCUT2D eigenvalue weighted by molar-refractivity contribution is 0.00184. The Morgan fingerprint density at radius 3 is 2.55 bits per heavy atom. The average Bonchev–Trinajstić information content (AvgIpc) is 2.98. The van der Waals surface area contributed by atoms with Gasteiger partial charge in [0, 0.05) is 31.2 Å². The van der Waals surface area contributed by atoms with Gasteiger partial charge in [-0.25, -0.2) is 0 Å². The molecule has 1 N–H and O–H groups in total. The van der Waals surface area contributed by atoms with Crippen molar-refractivity contribution in [2.45, 2.75) is 39.7 Å². The van der Waals surface area contributed by atoms with Gasteiger partial charge in [0.05, 0.1) is 19.5 Å². The van der Waals surface area contributed by atoms with Crippen LogP contribution in [0.1, 0.15) is 42.8 Å². The van der Waals surface area contributed by atoms with Crippen molar-refractivity contribution in [2.24, 2.45) is 5.92 Å². The molecule has 5 heteroatoms. The fourth-order valence-corrected chi connectivity index (χ4v) is 3.22. The Labute approximate surface area is 133 Å². The monoisotopic (exact) mass is 308 g/mol. The first-order chi connectivity index (χ1) is 10.7. The fourth-order valence-electron chi connectivity index (χ4n) is 3.22. The summed E-state index contributed by atoms with van der Waals surface area (Å²) in [5.41, 5.74) is 0.878. The van der Waals surface area contributed by atoms with Crippen LogP contribution in [0, 0.1) is 12.8 Å². The topological polar surface area (TPSA) is 54.7 Å². The molecule has 2 rings (SSSR count). The van der Waals surface area contributed by atoms with Gasteiger partial charge >= 0.3 is 0 Å². The lowest BCUT2D eigenvalue weighted by Crippen LogP contribution is -2.52. The van der Waals surface area contributed by atoms with Crippen molar-refractivity contribution in [3.8, 4) is 0 Å². The van der Waals surface area contributed by atoms with E-state index < -0.39 is 0 Å². The number of furan rings is 1. The first kappa shape index (κ1) is 17.0. The van der Waals surface area contributed by atoms with Gasteiger partial charge in [0.15, 0.2) is 5.76 Å². The Morgan fingerprint density at radius 2 is 2.00 bits per heavy atom. The van der Waals surface area contributed by atoms with Crippen LogP contribution in [0.3, 0.4) is 0 Å². The SMILES string of the molecule is CCC(CC)C(CNC(=O)c1occc1C)N1CCOCC1. The number of hydrogen-bond donors (Lipinski definition) is 1. The van der Waals surface area contributed by atoms with E-state index in [-0.39, 0.29) is 5.91 Å². The lowest BCUT2D eigenvalue weighted by Gasteiger charge is -2.38. The molecular formula is C17H28N2O3. The minimum absolute atomic E-state index is 0.119. The second-order valence-corrected chi connectivity index (χ2v) is 5.94. The third kappa shape index (κ3) is 4.11. The predicted molar refractivity (Wildman–Crippen MR) is 86.0 cm³/mol. The van der Waals surface area contributed by atoms with Crippen molar-refractivity contribution in [3.63, 3.8) is 0 Å². The van der Waals surface area contributed by atoms with Gasteiger partial charge in [-0.05, 0) is 18.9 Å². The van der Waals surface area contributed by atoms with E-state index in [1.807, 2.05) is 13.0 Å². The number of carbonyl (C=O) groups is 1. The van der Waals surface area contributed by atoms with E-state index in [2.05, 4.69) is 24.1 Å². The quantitative estimate of drug-likeness (QED) is 0.840. The van der Waals surface area contributed by atoms with E-state index in [4.69, 9.17) is 9.15 Å². The molecule has 1 aromatic rings. The summed E-state index contributed by atoms with van der Waals surface area (Å²) in [4.78, 5) is 14.7. The highest BCUT2D eigenvalue weighted by atomic mass is 16.5. The molecule has 0 aliphatic carbocycles. The lowest BCUT2D eigenvalue weighted by atomic mass is 9.92. The van der Waals surface area contributed by atoms with E-state index in [1.165, 1.54) is 0 Å². The standard InChI is InChI=1S/C17H28N2O3/c1-4-14(5-2)15(19-7-10-21-11-8-19)12-18-17(20)16-13(3)6-9-22-16/h6,9,14-15H,4-5,7-8,10-12H2,1-3H3,(H,18,20). The second kappa shape index (κ2) is 8.34. The highest BCUT2D eigenvalue weighted by Crippen LogP contribution is 2.20. The third-order valence-electron chi connectivity index (χ3n) is 4.65. The number of hydrogen-bond acceptors (Lipinski definition) is 4. The molecule has 22 heavy (non-hydrogen) atoms. The number of ether oxygens (including phenoxy) is 1. The summed E-state index contributed by atoms with van der Waals surface area (Å²) >= 11 is 0. The molecule has 0 aromatic carbocycles. The fraction of sp³-hybridized carbons (Fsp3) is 0.706. The number of carbonyl (C=O) groups excluding carboxylic acids is 1. The summed E-state index contributed by atoms with van der Waals surface area (Å²) < 4.78 is 10.7. The van der Waals surface area contributed by atoms with Crippen LogP contribution in [-0.4, -0.2) is 49.7 Å². The van der Waals surface area contributed by atoms with Gasteiger partial charge in [-0.1, -0.05) is 26.7 Å². The number of aryl methyl sites for hydroxylation is 1. The maximum Gasteiger partial charge on any atom is 0.287 e. The smallest absolute Gasteiger partial charge is 0.287 e. The van der Waals surface area contributed by atoms with Gasteiger partial charge in [0.1, 0.15) is 0 Å². The zero-order valence-corrected chi connectivity index (χ0v) is 13.9. The molecule has 1 unspecified atom stereocenters. The molecular weight excluding hydrogens is 280 g/mol. The second-order valence-electron chi connectivity index (χ2n) is 5.94. The van der Waals surface area contributed by atoms with E-state index in [9.17, 15) is 4.79 Å². The number of amides is 1. The van der Waals surface area contributed by atoms with Crippen LogP contribution in [0.15, 0.2) is 16.7 Å². The Kier molecular flexibility index (Phi) is 6.46. The summed E-state index contributed by atoms with van der Waals surface area (Å²) in [6, 6.07) is 2.17. The predicted octanol–water partition coefficient (Wildman–Crippen LogP) is 2.45.